The Morgan fingerprint density at radius 2 is 1.81 bits per heavy atom. The van der Waals surface area contributed by atoms with Gasteiger partial charge in [-0.3, -0.25) is 0 Å². The van der Waals surface area contributed by atoms with Gasteiger partial charge < -0.3 is 29.9 Å². The lowest BCUT2D eigenvalue weighted by atomic mass is 9.99. The number of amides is 1. The lowest BCUT2D eigenvalue weighted by Crippen LogP contribution is -2.60. The molecule has 0 bridgehead atoms. The van der Waals surface area contributed by atoms with Crippen molar-refractivity contribution < 1.29 is 39.5 Å². The van der Waals surface area contributed by atoms with Gasteiger partial charge in [0.15, 0.2) is 0 Å². The molecule has 1 fully saturated rings. The Balaban J connectivity index is 2.45. The van der Waals surface area contributed by atoms with Gasteiger partial charge in [0.2, 0.25) is 10.1 Å². The third kappa shape index (κ3) is 5.89. The van der Waals surface area contributed by atoms with Crippen LogP contribution < -0.4 is 5.48 Å². The Morgan fingerprint density at radius 3 is 2.33 bits per heavy atom. The summed E-state index contributed by atoms with van der Waals surface area (Å²) in [7, 11) is 0. The van der Waals surface area contributed by atoms with Crippen LogP contribution in [0.2, 0.25) is 0 Å². The molecule has 12 heteroatoms. The number of nitrogens with one attached hydrogen (secondary N) is 1. The van der Waals surface area contributed by atoms with Crippen LogP contribution in [0.4, 0.5) is 4.79 Å². The largest absolute Gasteiger partial charge is 0.443 e. The lowest BCUT2D eigenvalue weighted by Gasteiger charge is -2.38. The monoisotopic (exact) mass is 369 g/mol. The van der Waals surface area contributed by atoms with E-state index in [-0.39, 0.29) is 0 Å². The number of aliphatic hydroxyl groups excluding tert-OH is 4. The third-order valence-corrected chi connectivity index (χ3v) is 2.80. The normalized spacial score (nSPS) is 33.6. The van der Waals surface area contributed by atoms with Gasteiger partial charge in [0.05, 0.1) is 6.61 Å². The summed E-state index contributed by atoms with van der Waals surface area (Å²) in [5, 5.41) is 37.5. The number of hydroxylamine groups is 1. The van der Waals surface area contributed by atoms with Crippen LogP contribution in [0.25, 0.3) is 0 Å². The lowest BCUT2D eigenvalue weighted by molar-refractivity contribution is -0.312. The average Bonchev–Trinajstić information content (AvgIpc) is 2.41. The molecule has 21 heavy (non-hydrogen) atoms. The molecule has 0 aromatic carbocycles. The molecule has 0 aliphatic carbocycles. The molecule has 9 nitrogen and oxygen atoms in total. The quantitative estimate of drug-likeness (QED) is 0.308. The molecule has 5 atom stereocenters. The minimum Gasteiger partial charge on any atom is -0.443 e. The third-order valence-electron chi connectivity index (χ3n) is 2.47. The SMILES string of the molecule is O=C(NOC1O[C@H](CO)[C@@H](O)[C@H](O)[C@H]1O)OCC(Cl)(Cl)Cl. The molecule has 5 N–H and O–H groups in total. The molecule has 1 aliphatic rings. The van der Waals surface area contributed by atoms with E-state index < -0.39 is 53.8 Å². The Morgan fingerprint density at radius 1 is 1.19 bits per heavy atom. The zero-order valence-electron chi connectivity index (χ0n) is 10.4. The molecule has 124 valence electrons. The van der Waals surface area contributed by atoms with Crippen LogP contribution in [0.3, 0.4) is 0 Å². The highest BCUT2D eigenvalue weighted by molar-refractivity contribution is 6.67. The summed E-state index contributed by atoms with van der Waals surface area (Å²) < 4.78 is 7.61. The topological polar surface area (TPSA) is 138 Å². The number of alkyl halides is 3. The van der Waals surface area contributed by atoms with E-state index in [1.165, 1.54) is 0 Å². The molecule has 1 rings (SSSR count). The predicted molar refractivity (Wildman–Crippen MR) is 69.6 cm³/mol. The van der Waals surface area contributed by atoms with Crippen molar-refractivity contribution in [3.8, 4) is 0 Å². The highest BCUT2D eigenvalue weighted by Crippen LogP contribution is 2.26. The first-order valence-electron chi connectivity index (χ1n) is 5.61. The maximum absolute atomic E-state index is 11.2. The van der Waals surface area contributed by atoms with Gasteiger partial charge in [-0.15, -0.1) is 0 Å². The molecule has 1 aliphatic heterocycles. The van der Waals surface area contributed by atoms with E-state index in [0.29, 0.717) is 0 Å². The van der Waals surface area contributed by atoms with Gasteiger partial charge in [-0.1, -0.05) is 34.8 Å². The first-order chi connectivity index (χ1) is 9.65. The zero-order chi connectivity index (χ0) is 16.2. The highest BCUT2D eigenvalue weighted by Gasteiger charge is 2.44. The maximum atomic E-state index is 11.2. The van der Waals surface area contributed by atoms with Gasteiger partial charge >= 0.3 is 6.09 Å². The number of hydrogen-bond donors (Lipinski definition) is 5. The van der Waals surface area contributed by atoms with Crippen molar-refractivity contribution in [3.05, 3.63) is 0 Å². The Kier molecular flexibility index (Phi) is 7.17. The van der Waals surface area contributed by atoms with E-state index >= 15 is 0 Å². The van der Waals surface area contributed by atoms with Crippen molar-refractivity contribution in [1.82, 2.24) is 5.48 Å². The van der Waals surface area contributed by atoms with Gasteiger partial charge in [-0.2, -0.15) is 5.48 Å². The summed E-state index contributed by atoms with van der Waals surface area (Å²) in [6, 6.07) is 0. The van der Waals surface area contributed by atoms with Gasteiger partial charge in [0.25, 0.3) is 0 Å². The highest BCUT2D eigenvalue weighted by atomic mass is 35.6. The average molecular weight is 371 g/mol. The van der Waals surface area contributed by atoms with Gasteiger partial charge in [-0.25, -0.2) is 9.63 Å². The minimum atomic E-state index is -1.81. The molecule has 0 aromatic rings. The van der Waals surface area contributed by atoms with E-state index in [1.807, 2.05) is 0 Å². The molecule has 0 saturated carbocycles. The Labute approximate surface area is 134 Å². The molecular weight excluding hydrogens is 356 g/mol. The van der Waals surface area contributed by atoms with Crippen LogP contribution in [0.1, 0.15) is 0 Å². The van der Waals surface area contributed by atoms with Crippen molar-refractivity contribution in [2.24, 2.45) is 0 Å². The second-order valence-corrected chi connectivity index (χ2v) is 6.62. The fourth-order valence-corrected chi connectivity index (χ4v) is 1.61. The molecule has 0 radical (unpaired) electrons. The van der Waals surface area contributed by atoms with Crippen molar-refractivity contribution in [1.29, 1.82) is 0 Å². The summed E-state index contributed by atoms with van der Waals surface area (Å²) in [4.78, 5) is 15.9. The number of rotatable bonds is 4. The van der Waals surface area contributed by atoms with Gasteiger partial charge in [-0.05, 0) is 0 Å². The van der Waals surface area contributed by atoms with E-state index in [2.05, 4.69) is 9.57 Å². The number of hydrogen-bond acceptors (Lipinski definition) is 8. The van der Waals surface area contributed by atoms with E-state index in [1.54, 1.807) is 5.48 Å². The fourth-order valence-electron chi connectivity index (χ4n) is 1.45. The van der Waals surface area contributed by atoms with E-state index in [4.69, 9.17) is 44.6 Å². The summed E-state index contributed by atoms with van der Waals surface area (Å²) in [5.74, 6) is 0. The van der Waals surface area contributed by atoms with Crippen LogP contribution in [-0.2, 0) is 14.3 Å². The summed E-state index contributed by atoms with van der Waals surface area (Å²) in [6.45, 7) is -1.19. The fraction of sp³-hybridized carbons (Fsp3) is 0.889. The van der Waals surface area contributed by atoms with Crippen molar-refractivity contribution in [3.63, 3.8) is 0 Å². The van der Waals surface area contributed by atoms with Crippen molar-refractivity contribution in [2.45, 2.75) is 34.5 Å². The number of carbonyl (C=O) groups is 1. The molecule has 1 heterocycles. The minimum absolute atomic E-state index is 0.554. The Bertz CT molecular complexity index is 352. The van der Waals surface area contributed by atoms with Crippen LogP contribution in [-0.4, -0.2) is 74.2 Å². The van der Waals surface area contributed by atoms with Crippen molar-refractivity contribution in [2.75, 3.05) is 13.2 Å². The summed E-state index contributed by atoms with van der Waals surface area (Å²) >= 11 is 16.1. The van der Waals surface area contributed by atoms with Crippen LogP contribution in [0.15, 0.2) is 0 Å². The Hall–Kier alpha value is -0.100. The summed E-state index contributed by atoms with van der Waals surface area (Å²) in [6.07, 6.45) is -8.70. The standard InChI is InChI=1S/C9H14Cl3NO8/c10-9(11,12)2-19-8(18)13-21-7-6(17)5(16)4(15)3(1-14)20-7/h3-7,14-17H,1-2H2,(H,13,18)/t3-,4-,5+,6-,7?/m1/s1. The molecule has 1 amide bonds. The van der Waals surface area contributed by atoms with E-state index in [9.17, 15) is 20.1 Å². The summed E-state index contributed by atoms with van der Waals surface area (Å²) in [5.41, 5.74) is 1.74. The van der Waals surface area contributed by atoms with Crippen LogP contribution >= 0.6 is 34.8 Å². The smallest absolute Gasteiger partial charge is 0.431 e. The molecule has 0 aromatic heterocycles. The number of ether oxygens (including phenoxy) is 2. The zero-order valence-corrected chi connectivity index (χ0v) is 12.6. The second kappa shape index (κ2) is 7.95. The molecule has 1 saturated heterocycles. The van der Waals surface area contributed by atoms with Crippen molar-refractivity contribution >= 4 is 40.9 Å². The number of halogens is 3. The number of aliphatic hydroxyl groups is 4. The van der Waals surface area contributed by atoms with E-state index in [0.717, 1.165) is 0 Å². The molecular formula is C9H14Cl3NO8. The van der Waals surface area contributed by atoms with Crippen LogP contribution in [0, 0.1) is 0 Å². The molecule has 0 spiro atoms. The van der Waals surface area contributed by atoms with Crippen LogP contribution in [0.5, 0.6) is 0 Å². The van der Waals surface area contributed by atoms with Gasteiger partial charge in [0.1, 0.15) is 31.0 Å². The second-order valence-electron chi connectivity index (χ2n) is 4.11. The molecule has 1 unspecified atom stereocenters. The number of carbonyl (C=O) groups excluding carboxylic acids is 1. The first-order valence-corrected chi connectivity index (χ1v) is 6.74. The predicted octanol–water partition coefficient (Wildman–Crippen LogP) is -1.19. The van der Waals surface area contributed by atoms with Gasteiger partial charge in [0, 0.05) is 0 Å². The first kappa shape index (κ1) is 18.9. The maximum Gasteiger partial charge on any atom is 0.431 e.